The van der Waals surface area contributed by atoms with Gasteiger partial charge in [-0.1, -0.05) is 0 Å². The molecule has 5 nitrogen and oxygen atoms in total. The minimum atomic E-state index is -6.00. The highest BCUT2D eigenvalue weighted by molar-refractivity contribution is 7.87. The molecule has 8 heteroatoms. The second-order valence-electron chi connectivity index (χ2n) is 3.28. The van der Waals surface area contributed by atoms with E-state index in [1.54, 1.807) is 0 Å². The van der Waals surface area contributed by atoms with Gasteiger partial charge in [0.15, 0.2) is 10.1 Å². The summed E-state index contributed by atoms with van der Waals surface area (Å²) in [6.07, 6.45) is 1.59. The molecule has 0 radical (unpaired) electrons. The lowest BCUT2D eigenvalue weighted by Gasteiger charge is -2.20. The van der Waals surface area contributed by atoms with E-state index in [-0.39, 0.29) is 0 Å². The average molecular weight is 243 g/mol. The van der Waals surface area contributed by atoms with Gasteiger partial charge in [-0.2, -0.15) is 8.78 Å². The topological polar surface area (TPSA) is 83.5 Å². The van der Waals surface area contributed by atoms with Crippen molar-refractivity contribution in [1.82, 2.24) is 0 Å². The van der Waals surface area contributed by atoms with Crippen LogP contribution in [0.2, 0.25) is 0 Å². The number of rotatable bonds is 3. The first-order valence-electron chi connectivity index (χ1n) is 4.29. The molecule has 1 aliphatic rings. The fraction of sp³-hybridized carbons (Fsp3) is 0.857. The van der Waals surface area contributed by atoms with Gasteiger partial charge >= 0.3 is 11.2 Å². The van der Waals surface area contributed by atoms with Crippen molar-refractivity contribution in [3.8, 4) is 0 Å². The molecule has 0 aromatic carbocycles. The molecule has 0 N–H and O–H groups in total. The van der Waals surface area contributed by atoms with E-state index in [1.807, 2.05) is 0 Å². The molecule has 1 aliphatic carbocycles. The van der Waals surface area contributed by atoms with Crippen molar-refractivity contribution in [2.45, 2.75) is 37.0 Å². The average Bonchev–Trinajstić information content (AvgIpc) is 2.54. The monoisotopic (exact) mass is 243 g/mol. The first-order valence-corrected chi connectivity index (χ1v) is 5.70. The largest absolute Gasteiger partial charge is 0.743 e. The van der Waals surface area contributed by atoms with Gasteiger partial charge in [0, 0.05) is 0 Å². The number of hydrogen-bond acceptors (Lipinski definition) is 5. The van der Waals surface area contributed by atoms with E-state index in [2.05, 4.69) is 4.74 Å². The van der Waals surface area contributed by atoms with Gasteiger partial charge in [-0.15, -0.1) is 0 Å². The van der Waals surface area contributed by atoms with Gasteiger partial charge in [0.05, 0.1) is 0 Å². The maximum Gasteiger partial charge on any atom is 0.428 e. The quantitative estimate of drug-likeness (QED) is 0.535. The van der Waals surface area contributed by atoms with Crippen LogP contribution in [0, 0.1) is 0 Å². The third kappa shape index (κ3) is 2.63. The Morgan fingerprint density at radius 2 is 1.80 bits per heavy atom. The number of alkyl halides is 2. The number of hydrogen-bond donors (Lipinski definition) is 0. The fourth-order valence-electron chi connectivity index (χ4n) is 1.33. The van der Waals surface area contributed by atoms with Gasteiger partial charge in [-0.3, -0.25) is 0 Å². The van der Waals surface area contributed by atoms with Crippen molar-refractivity contribution in [3.63, 3.8) is 0 Å². The minimum Gasteiger partial charge on any atom is -0.743 e. The first-order chi connectivity index (χ1) is 6.75. The zero-order valence-corrected chi connectivity index (χ0v) is 8.43. The summed E-state index contributed by atoms with van der Waals surface area (Å²) in [7, 11) is -6.00. The summed E-state index contributed by atoms with van der Waals surface area (Å²) in [5, 5.41) is -4.99. The van der Waals surface area contributed by atoms with Crippen LogP contribution < -0.4 is 0 Å². The van der Waals surface area contributed by atoms with E-state index >= 15 is 0 Å². The molecule has 0 aromatic rings. The number of carbonyl (C=O) groups excluding carboxylic acids is 1. The smallest absolute Gasteiger partial charge is 0.428 e. The van der Waals surface area contributed by atoms with Crippen LogP contribution in [-0.2, 0) is 19.6 Å². The predicted octanol–water partition coefficient (Wildman–Crippen LogP) is 0.610. The van der Waals surface area contributed by atoms with Crippen molar-refractivity contribution < 1.29 is 31.3 Å². The van der Waals surface area contributed by atoms with Crippen molar-refractivity contribution in [3.05, 3.63) is 0 Å². The Labute approximate surface area is 85.2 Å². The summed E-state index contributed by atoms with van der Waals surface area (Å²) in [6.45, 7) is 0. The van der Waals surface area contributed by atoms with E-state index in [0.29, 0.717) is 12.8 Å². The van der Waals surface area contributed by atoms with Crippen LogP contribution in [0.1, 0.15) is 25.7 Å². The van der Waals surface area contributed by atoms with E-state index in [0.717, 1.165) is 12.8 Å². The van der Waals surface area contributed by atoms with Crippen LogP contribution in [-0.4, -0.2) is 30.3 Å². The van der Waals surface area contributed by atoms with Crippen LogP contribution in [0.3, 0.4) is 0 Å². The number of esters is 1. The van der Waals surface area contributed by atoms with Crippen LogP contribution in [0.4, 0.5) is 8.78 Å². The zero-order valence-electron chi connectivity index (χ0n) is 7.61. The van der Waals surface area contributed by atoms with Crippen LogP contribution in [0.15, 0.2) is 0 Å². The summed E-state index contributed by atoms with van der Waals surface area (Å²) in [4.78, 5) is 10.7. The molecule has 1 fully saturated rings. The Hall–Kier alpha value is -0.760. The van der Waals surface area contributed by atoms with E-state index in [1.165, 1.54) is 0 Å². The summed E-state index contributed by atoms with van der Waals surface area (Å²) >= 11 is 0. The van der Waals surface area contributed by atoms with Gasteiger partial charge < -0.3 is 9.29 Å². The number of carbonyl (C=O) groups is 1. The Balaban J connectivity index is 2.67. The van der Waals surface area contributed by atoms with Crippen LogP contribution >= 0.6 is 0 Å². The summed E-state index contributed by atoms with van der Waals surface area (Å²) < 4.78 is 59.6. The maximum absolute atomic E-state index is 12.6. The predicted molar refractivity (Wildman–Crippen MR) is 43.0 cm³/mol. The second kappa shape index (κ2) is 4.01. The lowest BCUT2D eigenvalue weighted by Crippen LogP contribution is -2.40. The van der Waals surface area contributed by atoms with Gasteiger partial charge in [-0.05, 0) is 25.7 Å². The summed E-state index contributed by atoms with van der Waals surface area (Å²) in [5.74, 6) is -2.27. The van der Waals surface area contributed by atoms with Crippen molar-refractivity contribution in [2.75, 3.05) is 0 Å². The number of ether oxygens (including phenoxy) is 1. The number of halogens is 2. The molecule has 0 aliphatic heterocycles. The van der Waals surface area contributed by atoms with Crippen LogP contribution in [0.25, 0.3) is 0 Å². The van der Waals surface area contributed by atoms with Crippen molar-refractivity contribution >= 4 is 16.1 Å². The molecular formula is C7H9F2O5S-. The molecule has 1 rings (SSSR count). The molecule has 0 saturated heterocycles. The second-order valence-corrected chi connectivity index (χ2v) is 4.70. The Bertz CT molecular complexity index is 344. The Kier molecular flexibility index (Phi) is 3.29. The highest BCUT2D eigenvalue weighted by Gasteiger charge is 2.49. The SMILES string of the molecule is O=C(OC1CCCC1)C(F)(F)S(=O)(=O)[O-]. The first kappa shape index (κ1) is 12.3. The molecule has 0 spiro atoms. The van der Waals surface area contributed by atoms with Gasteiger partial charge in [-0.25, -0.2) is 13.2 Å². The summed E-state index contributed by atoms with van der Waals surface area (Å²) in [6, 6.07) is 0. The molecular weight excluding hydrogens is 234 g/mol. The molecule has 0 unspecified atom stereocenters. The van der Waals surface area contributed by atoms with Gasteiger partial charge in [0.25, 0.3) is 0 Å². The molecule has 0 heterocycles. The van der Waals surface area contributed by atoms with E-state index in [9.17, 15) is 26.5 Å². The molecule has 0 aromatic heterocycles. The molecule has 0 amide bonds. The third-order valence-electron chi connectivity index (χ3n) is 2.13. The lowest BCUT2D eigenvalue weighted by molar-refractivity contribution is -0.166. The van der Waals surface area contributed by atoms with Gasteiger partial charge in [0.1, 0.15) is 6.10 Å². The summed E-state index contributed by atoms with van der Waals surface area (Å²) in [5.41, 5.74) is 0. The van der Waals surface area contributed by atoms with Crippen molar-refractivity contribution in [2.24, 2.45) is 0 Å². The standard InChI is InChI=1S/C7H10F2O5S/c8-7(9,15(11,12)13)6(10)14-5-3-1-2-4-5/h5H,1-4H2,(H,11,12,13)/p-1. The van der Waals surface area contributed by atoms with E-state index in [4.69, 9.17) is 0 Å². The van der Waals surface area contributed by atoms with Gasteiger partial charge in [0.2, 0.25) is 0 Å². The molecule has 1 saturated carbocycles. The lowest BCUT2D eigenvalue weighted by atomic mass is 10.3. The highest BCUT2D eigenvalue weighted by atomic mass is 32.2. The Morgan fingerprint density at radius 3 is 2.20 bits per heavy atom. The molecule has 0 atom stereocenters. The normalized spacial score (nSPS) is 19.1. The minimum absolute atomic E-state index is 0.417. The molecule has 0 bridgehead atoms. The van der Waals surface area contributed by atoms with E-state index < -0.39 is 27.4 Å². The molecule has 15 heavy (non-hydrogen) atoms. The third-order valence-corrected chi connectivity index (χ3v) is 2.92. The van der Waals surface area contributed by atoms with Crippen LogP contribution in [0.5, 0.6) is 0 Å². The molecule has 88 valence electrons. The highest BCUT2D eigenvalue weighted by Crippen LogP contribution is 2.27. The fourth-order valence-corrected chi connectivity index (χ4v) is 1.58. The zero-order chi connectivity index (χ0) is 11.7. The van der Waals surface area contributed by atoms with Crippen molar-refractivity contribution in [1.29, 1.82) is 0 Å². The Morgan fingerprint density at radius 1 is 1.33 bits per heavy atom. The maximum atomic E-state index is 12.6.